The second-order valence-electron chi connectivity index (χ2n) is 4.16. The Kier molecular flexibility index (Phi) is 6.65. The average Bonchev–Trinajstić information content (AvgIpc) is 2.58. The van der Waals surface area contributed by atoms with Crippen LogP contribution in [0.1, 0.15) is 32.6 Å². The molecule has 0 aromatic heterocycles. The van der Waals surface area contributed by atoms with Gasteiger partial charge in [0.05, 0.1) is 0 Å². The number of hydrogen-bond donors (Lipinski definition) is 2. The Bertz CT molecular complexity index is 143. The molecule has 1 aliphatic carbocycles. The van der Waals surface area contributed by atoms with Gasteiger partial charge in [0.1, 0.15) is 0 Å². The topological polar surface area (TPSA) is 32.3 Å². The summed E-state index contributed by atoms with van der Waals surface area (Å²) in [5.41, 5.74) is 0. The predicted molar refractivity (Wildman–Crippen MR) is 63.8 cm³/mol. The summed E-state index contributed by atoms with van der Waals surface area (Å²) in [5, 5.41) is 12.2. The molecule has 0 aromatic carbocycles. The molecule has 2 nitrogen and oxygen atoms in total. The molecule has 0 aliphatic heterocycles. The highest BCUT2D eigenvalue weighted by molar-refractivity contribution is 7.99. The third kappa shape index (κ3) is 4.67. The molecule has 0 spiro atoms. The molecule has 3 heteroatoms. The molecule has 1 aliphatic rings. The molecule has 0 aromatic rings. The molecule has 1 fully saturated rings. The number of nitrogens with one attached hydrogen (secondary N) is 1. The van der Waals surface area contributed by atoms with Crippen molar-refractivity contribution in [1.29, 1.82) is 0 Å². The summed E-state index contributed by atoms with van der Waals surface area (Å²) in [6.07, 6.45) is 5.10. The van der Waals surface area contributed by atoms with E-state index in [9.17, 15) is 0 Å². The fourth-order valence-corrected chi connectivity index (χ4v) is 2.83. The van der Waals surface area contributed by atoms with E-state index >= 15 is 0 Å². The summed E-state index contributed by atoms with van der Waals surface area (Å²) in [6, 6.07) is 0.772. The van der Waals surface area contributed by atoms with Crippen molar-refractivity contribution in [3.8, 4) is 0 Å². The maximum atomic E-state index is 8.60. The summed E-state index contributed by atoms with van der Waals surface area (Å²) in [5.74, 6) is 3.15. The van der Waals surface area contributed by atoms with E-state index in [2.05, 4.69) is 12.2 Å². The SMILES string of the molecule is CC1CCCC1NCCSCCCO. The Morgan fingerprint density at radius 3 is 2.86 bits per heavy atom. The fourth-order valence-electron chi connectivity index (χ4n) is 2.03. The van der Waals surface area contributed by atoms with Crippen LogP contribution in [0.5, 0.6) is 0 Å². The number of thioether (sulfide) groups is 1. The van der Waals surface area contributed by atoms with Crippen molar-refractivity contribution < 1.29 is 5.11 Å². The highest BCUT2D eigenvalue weighted by atomic mass is 32.2. The smallest absolute Gasteiger partial charge is 0.0438 e. The maximum Gasteiger partial charge on any atom is 0.0438 e. The lowest BCUT2D eigenvalue weighted by Crippen LogP contribution is -2.32. The maximum absolute atomic E-state index is 8.60. The van der Waals surface area contributed by atoms with Gasteiger partial charge in [-0.25, -0.2) is 0 Å². The monoisotopic (exact) mass is 217 g/mol. The number of rotatable bonds is 7. The van der Waals surface area contributed by atoms with E-state index in [-0.39, 0.29) is 0 Å². The van der Waals surface area contributed by atoms with Crippen LogP contribution >= 0.6 is 11.8 Å². The van der Waals surface area contributed by atoms with Crippen molar-refractivity contribution in [2.75, 3.05) is 24.7 Å². The fraction of sp³-hybridized carbons (Fsp3) is 1.00. The zero-order valence-corrected chi connectivity index (χ0v) is 9.98. The van der Waals surface area contributed by atoms with E-state index in [0.717, 1.165) is 30.7 Å². The molecule has 14 heavy (non-hydrogen) atoms. The highest BCUT2D eigenvalue weighted by Gasteiger charge is 2.21. The first-order valence-electron chi connectivity index (χ1n) is 5.76. The molecule has 2 unspecified atom stereocenters. The van der Waals surface area contributed by atoms with Crippen LogP contribution in [0.25, 0.3) is 0 Å². The molecule has 2 N–H and O–H groups in total. The largest absolute Gasteiger partial charge is 0.396 e. The van der Waals surface area contributed by atoms with Crippen molar-refractivity contribution in [3.63, 3.8) is 0 Å². The molecule has 0 saturated heterocycles. The zero-order chi connectivity index (χ0) is 10.2. The summed E-state index contributed by atoms with van der Waals surface area (Å²) in [7, 11) is 0. The van der Waals surface area contributed by atoms with E-state index in [4.69, 9.17) is 5.11 Å². The van der Waals surface area contributed by atoms with Gasteiger partial charge in [0.25, 0.3) is 0 Å². The Labute approximate surface area is 91.9 Å². The van der Waals surface area contributed by atoms with Crippen LogP contribution in [-0.2, 0) is 0 Å². The van der Waals surface area contributed by atoms with Gasteiger partial charge >= 0.3 is 0 Å². The molecule has 2 atom stereocenters. The zero-order valence-electron chi connectivity index (χ0n) is 9.17. The Hall–Kier alpha value is 0.270. The van der Waals surface area contributed by atoms with Crippen LogP contribution in [0, 0.1) is 5.92 Å². The van der Waals surface area contributed by atoms with Crippen molar-refractivity contribution >= 4 is 11.8 Å². The molecule has 0 heterocycles. The Balaban J connectivity index is 1.88. The lowest BCUT2D eigenvalue weighted by molar-refractivity contribution is 0.296. The van der Waals surface area contributed by atoms with E-state index in [1.54, 1.807) is 0 Å². The van der Waals surface area contributed by atoms with Crippen molar-refractivity contribution in [2.24, 2.45) is 5.92 Å². The van der Waals surface area contributed by atoms with E-state index < -0.39 is 0 Å². The molecule has 84 valence electrons. The van der Waals surface area contributed by atoms with Crippen LogP contribution in [-0.4, -0.2) is 35.8 Å². The van der Waals surface area contributed by atoms with Crippen LogP contribution in [0.2, 0.25) is 0 Å². The van der Waals surface area contributed by atoms with Gasteiger partial charge in [-0.15, -0.1) is 0 Å². The number of hydrogen-bond acceptors (Lipinski definition) is 3. The lowest BCUT2D eigenvalue weighted by atomic mass is 10.1. The quantitative estimate of drug-likeness (QED) is 0.639. The van der Waals surface area contributed by atoms with Gasteiger partial charge < -0.3 is 10.4 Å². The summed E-state index contributed by atoms with van der Waals surface area (Å²) in [6.45, 7) is 3.81. The first-order valence-corrected chi connectivity index (χ1v) is 6.92. The minimum Gasteiger partial charge on any atom is -0.396 e. The van der Waals surface area contributed by atoms with Crippen molar-refractivity contribution in [3.05, 3.63) is 0 Å². The third-order valence-corrected chi connectivity index (χ3v) is 4.03. The van der Waals surface area contributed by atoms with Crippen LogP contribution < -0.4 is 5.32 Å². The third-order valence-electron chi connectivity index (χ3n) is 2.96. The first kappa shape index (κ1) is 12.3. The molecular weight excluding hydrogens is 194 g/mol. The number of aliphatic hydroxyl groups excluding tert-OH is 1. The van der Waals surface area contributed by atoms with Crippen LogP contribution in [0.15, 0.2) is 0 Å². The molecule has 0 amide bonds. The normalized spacial score (nSPS) is 27.0. The minimum atomic E-state index is 0.333. The Morgan fingerprint density at radius 1 is 1.36 bits per heavy atom. The van der Waals surface area contributed by atoms with Crippen molar-refractivity contribution in [1.82, 2.24) is 5.32 Å². The van der Waals surface area contributed by atoms with Gasteiger partial charge in [0, 0.05) is 24.9 Å². The summed E-state index contributed by atoms with van der Waals surface area (Å²) >= 11 is 1.94. The molecular formula is C11H23NOS. The van der Waals surface area contributed by atoms with Crippen LogP contribution in [0.3, 0.4) is 0 Å². The standard InChI is InChI=1S/C11H23NOS/c1-10-4-2-5-11(10)12-6-9-14-8-3-7-13/h10-13H,2-9H2,1H3. The van der Waals surface area contributed by atoms with Crippen LogP contribution in [0.4, 0.5) is 0 Å². The van der Waals surface area contributed by atoms with E-state index in [1.807, 2.05) is 11.8 Å². The second-order valence-corrected chi connectivity index (χ2v) is 5.38. The summed E-state index contributed by atoms with van der Waals surface area (Å²) < 4.78 is 0. The van der Waals surface area contributed by atoms with Gasteiger partial charge in [-0.05, 0) is 30.9 Å². The Morgan fingerprint density at radius 2 is 2.21 bits per heavy atom. The molecule has 1 rings (SSSR count). The average molecular weight is 217 g/mol. The molecule has 0 bridgehead atoms. The van der Waals surface area contributed by atoms with Gasteiger partial charge in [-0.1, -0.05) is 13.3 Å². The molecule has 0 radical (unpaired) electrons. The lowest BCUT2D eigenvalue weighted by Gasteiger charge is -2.16. The second kappa shape index (κ2) is 7.55. The summed E-state index contributed by atoms with van der Waals surface area (Å²) in [4.78, 5) is 0. The van der Waals surface area contributed by atoms with Gasteiger partial charge in [-0.3, -0.25) is 0 Å². The highest BCUT2D eigenvalue weighted by Crippen LogP contribution is 2.24. The minimum absolute atomic E-state index is 0.333. The van der Waals surface area contributed by atoms with E-state index in [0.29, 0.717) is 6.61 Å². The van der Waals surface area contributed by atoms with Gasteiger partial charge in [0.15, 0.2) is 0 Å². The first-order chi connectivity index (χ1) is 6.84. The number of aliphatic hydroxyl groups is 1. The predicted octanol–water partition coefficient (Wildman–Crippen LogP) is 1.88. The van der Waals surface area contributed by atoms with Gasteiger partial charge in [-0.2, -0.15) is 11.8 Å². The van der Waals surface area contributed by atoms with Gasteiger partial charge in [0.2, 0.25) is 0 Å². The molecule has 1 saturated carbocycles. The van der Waals surface area contributed by atoms with E-state index in [1.165, 1.54) is 25.0 Å². The van der Waals surface area contributed by atoms with Crippen molar-refractivity contribution in [2.45, 2.75) is 38.6 Å².